The third kappa shape index (κ3) is 54.8. The lowest BCUT2D eigenvalue weighted by atomic mass is 10.0. The van der Waals surface area contributed by atoms with Crippen LogP contribution < -0.4 is 0 Å². The van der Waals surface area contributed by atoms with Crippen molar-refractivity contribution in [1.29, 1.82) is 0 Å². The van der Waals surface area contributed by atoms with E-state index < -0.39 is 6.10 Å². The lowest BCUT2D eigenvalue weighted by molar-refractivity contribution is -0.167. The first-order valence-electron chi connectivity index (χ1n) is 30.3. The number of allylic oxidation sites excluding steroid dienone is 4. The van der Waals surface area contributed by atoms with E-state index in [1.165, 1.54) is 238 Å². The summed E-state index contributed by atoms with van der Waals surface area (Å²) in [6.07, 6.45) is 67.4. The van der Waals surface area contributed by atoms with Gasteiger partial charge in [-0.2, -0.15) is 0 Å². The summed E-state index contributed by atoms with van der Waals surface area (Å²) >= 11 is 0. The molecule has 0 aromatic carbocycles. The van der Waals surface area contributed by atoms with Gasteiger partial charge in [0.05, 0.1) is 0 Å². The smallest absolute Gasteiger partial charge is 0.306 e. The molecule has 0 amide bonds. The van der Waals surface area contributed by atoms with Crippen LogP contribution in [0.4, 0.5) is 0 Å². The van der Waals surface area contributed by atoms with Crippen molar-refractivity contribution in [2.24, 2.45) is 0 Å². The van der Waals surface area contributed by atoms with E-state index in [1.54, 1.807) is 0 Å². The summed E-state index contributed by atoms with van der Waals surface area (Å²) in [5.74, 6) is -0.852. The highest BCUT2D eigenvalue weighted by Gasteiger charge is 2.19. The number of rotatable bonds is 56. The number of carbonyl (C=O) groups is 3. The Hall–Kier alpha value is -2.11. The Morgan fingerprint density at radius 3 is 0.750 bits per heavy atom. The second kappa shape index (κ2) is 57.5. The van der Waals surface area contributed by atoms with Crippen LogP contribution in [0.2, 0.25) is 0 Å². The highest BCUT2D eigenvalue weighted by molar-refractivity contribution is 5.71. The van der Waals surface area contributed by atoms with E-state index in [0.29, 0.717) is 19.3 Å². The minimum absolute atomic E-state index is 0.0690. The van der Waals surface area contributed by atoms with E-state index >= 15 is 0 Å². The molecule has 0 aliphatic rings. The highest BCUT2D eigenvalue weighted by Crippen LogP contribution is 2.17. The average Bonchev–Trinajstić information content (AvgIpc) is 3.34. The molecule has 68 heavy (non-hydrogen) atoms. The molecule has 0 N–H and O–H groups in total. The molecule has 6 heteroatoms. The third-order valence-corrected chi connectivity index (χ3v) is 13.7. The predicted molar refractivity (Wildman–Crippen MR) is 293 cm³/mol. The number of hydrogen-bond donors (Lipinski definition) is 0. The fourth-order valence-corrected chi connectivity index (χ4v) is 9.08. The third-order valence-electron chi connectivity index (χ3n) is 13.7. The van der Waals surface area contributed by atoms with E-state index in [9.17, 15) is 14.4 Å². The normalized spacial score (nSPS) is 12.1. The van der Waals surface area contributed by atoms with Gasteiger partial charge in [0, 0.05) is 19.3 Å². The fourth-order valence-electron chi connectivity index (χ4n) is 9.08. The molecule has 0 saturated heterocycles. The molecule has 1 atom stereocenters. The standard InChI is InChI=1S/C62H116O6/c1-4-7-10-13-16-19-22-25-28-30-31-32-35-37-40-43-46-49-52-55-61(64)67-58-59(57-66-60(63)54-51-48-45-42-39-36-33-27-24-21-18-15-12-9-6-3)68-62(65)56-53-50-47-44-41-38-34-29-26-23-20-17-14-11-8-5-2/h21,24-25,28,59H,4-20,22-23,26-27,29-58H2,1-3H3/b24-21+,28-25+/t59-/m1/s1. The van der Waals surface area contributed by atoms with Gasteiger partial charge in [-0.15, -0.1) is 0 Å². The zero-order valence-electron chi connectivity index (χ0n) is 45.9. The Labute approximate surface area is 423 Å². The lowest BCUT2D eigenvalue weighted by Gasteiger charge is -2.18. The first kappa shape index (κ1) is 65.9. The van der Waals surface area contributed by atoms with E-state index in [1.807, 2.05) is 0 Å². The number of esters is 3. The maximum Gasteiger partial charge on any atom is 0.306 e. The molecule has 400 valence electrons. The van der Waals surface area contributed by atoms with Crippen molar-refractivity contribution in [3.63, 3.8) is 0 Å². The van der Waals surface area contributed by atoms with Gasteiger partial charge >= 0.3 is 17.9 Å². The van der Waals surface area contributed by atoms with Gasteiger partial charge in [0.15, 0.2) is 6.10 Å². The Balaban J connectivity index is 4.32. The van der Waals surface area contributed by atoms with Crippen molar-refractivity contribution in [2.75, 3.05) is 13.2 Å². The van der Waals surface area contributed by atoms with Crippen LogP contribution in [0, 0.1) is 0 Å². The molecule has 0 heterocycles. The molecule has 0 radical (unpaired) electrons. The summed E-state index contributed by atoms with van der Waals surface area (Å²) in [6, 6.07) is 0. The summed E-state index contributed by atoms with van der Waals surface area (Å²) in [5, 5.41) is 0. The molecule has 6 nitrogen and oxygen atoms in total. The van der Waals surface area contributed by atoms with Gasteiger partial charge in [0.2, 0.25) is 0 Å². The Kier molecular flexibility index (Phi) is 55.7. The van der Waals surface area contributed by atoms with Crippen molar-refractivity contribution in [2.45, 2.75) is 341 Å². The first-order valence-corrected chi connectivity index (χ1v) is 30.3. The van der Waals surface area contributed by atoms with E-state index in [-0.39, 0.29) is 31.1 Å². The molecule has 0 aliphatic carbocycles. The van der Waals surface area contributed by atoms with Crippen molar-refractivity contribution in [1.82, 2.24) is 0 Å². The second-order valence-electron chi connectivity index (χ2n) is 20.6. The molecule has 0 rings (SSSR count). The van der Waals surface area contributed by atoms with E-state index in [4.69, 9.17) is 14.2 Å². The zero-order chi connectivity index (χ0) is 49.3. The van der Waals surface area contributed by atoms with E-state index in [2.05, 4.69) is 45.1 Å². The zero-order valence-corrected chi connectivity index (χ0v) is 45.9. The molecular weight excluding hydrogens is 841 g/mol. The monoisotopic (exact) mass is 957 g/mol. The van der Waals surface area contributed by atoms with Crippen LogP contribution in [0.1, 0.15) is 335 Å². The minimum atomic E-state index is -0.770. The summed E-state index contributed by atoms with van der Waals surface area (Å²) < 4.78 is 16.9. The maximum atomic E-state index is 12.9. The van der Waals surface area contributed by atoms with Crippen LogP contribution in [0.25, 0.3) is 0 Å². The van der Waals surface area contributed by atoms with Gasteiger partial charge in [0.1, 0.15) is 13.2 Å². The number of ether oxygens (including phenoxy) is 3. The Bertz CT molecular complexity index is 1100. The predicted octanol–water partition coefficient (Wildman–Crippen LogP) is 20.3. The van der Waals surface area contributed by atoms with Gasteiger partial charge in [-0.1, -0.05) is 270 Å². The molecule has 0 aromatic rings. The topological polar surface area (TPSA) is 78.9 Å². The molecular formula is C62H116O6. The SMILES string of the molecule is CCCCCC/C=C/CCCCCCCCCC(=O)OC[C@H](COC(=O)CCCCCCCCCCC/C=C/CCCCCCCC)OC(=O)CCCCCCCCCCCCCCCCCC. The summed E-state index contributed by atoms with van der Waals surface area (Å²) in [4.78, 5) is 38.2. The molecule has 0 spiro atoms. The summed E-state index contributed by atoms with van der Waals surface area (Å²) in [7, 11) is 0. The van der Waals surface area contributed by atoms with Crippen molar-refractivity contribution < 1.29 is 28.6 Å². The molecule has 0 fully saturated rings. The minimum Gasteiger partial charge on any atom is -0.462 e. The summed E-state index contributed by atoms with van der Waals surface area (Å²) in [5.41, 5.74) is 0. The van der Waals surface area contributed by atoms with Gasteiger partial charge in [0.25, 0.3) is 0 Å². The van der Waals surface area contributed by atoms with Crippen LogP contribution >= 0.6 is 0 Å². The average molecular weight is 958 g/mol. The molecule has 0 aliphatic heterocycles. The van der Waals surface area contributed by atoms with Crippen molar-refractivity contribution in [3.8, 4) is 0 Å². The molecule has 0 aromatic heterocycles. The number of hydrogen-bond acceptors (Lipinski definition) is 6. The number of carbonyl (C=O) groups excluding carboxylic acids is 3. The van der Waals surface area contributed by atoms with Crippen molar-refractivity contribution in [3.05, 3.63) is 24.3 Å². The summed E-state index contributed by atoms with van der Waals surface area (Å²) in [6.45, 7) is 6.67. The van der Waals surface area contributed by atoms with Crippen LogP contribution in [0.5, 0.6) is 0 Å². The second-order valence-corrected chi connectivity index (χ2v) is 20.6. The highest BCUT2D eigenvalue weighted by atomic mass is 16.6. The van der Waals surface area contributed by atoms with Crippen LogP contribution in [-0.4, -0.2) is 37.2 Å². The van der Waals surface area contributed by atoms with Crippen LogP contribution in [0.3, 0.4) is 0 Å². The van der Waals surface area contributed by atoms with Gasteiger partial charge < -0.3 is 14.2 Å². The largest absolute Gasteiger partial charge is 0.462 e. The van der Waals surface area contributed by atoms with Gasteiger partial charge in [-0.3, -0.25) is 14.4 Å². The van der Waals surface area contributed by atoms with E-state index in [0.717, 1.165) is 57.8 Å². The van der Waals surface area contributed by atoms with Crippen LogP contribution in [-0.2, 0) is 28.6 Å². The Morgan fingerprint density at radius 1 is 0.279 bits per heavy atom. The molecule has 0 saturated carbocycles. The number of unbranched alkanes of at least 4 members (excludes halogenated alkanes) is 41. The van der Waals surface area contributed by atoms with Crippen LogP contribution in [0.15, 0.2) is 24.3 Å². The van der Waals surface area contributed by atoms with Gasteiger partial charge in [-0.05, 0) is 70.6 Å². The fraction of sp³-hybridized carbons (Fsp3) is 0.887. The molecule has 0 bridgehead atoms. The van der Waals surface area contributed by atoms with Crippen molar-refractivity contribution >= 4 is 17.9 Å². The quantitative estimate of drug-likeness (QED) is 0.0262. The lowest BCUT2D eigenvalue weighted by Crippen LogP contribution is -2.30. The maximum absolute atomic E-state index is 12.9. The first-order chi connectivity index (χ1) is 33.5. The Morgan fingerprint density at radius 2 is 0.485 bits per heavy atom. The molecule has 0 unspecified atom stereocenters. The van der Waals surface area contributed by atoms with Gasteiger partial charge in [-0.25, -0.2) is 0 Å².